The molecule has 0 saturated heterocycles. The van der Waals surface area contributed by atoms with Crippen LogP contribution in [0.4, 0.5) is 5.82 Å². The molecule has 3 rings (SSSR count). The van der Waals surface area contributed by atoms with Crippen LogP contribution in [-0.4, -0.2) is 42.5 Å². The first-order chi connectivity index (χ1) is 14.0. The van der Waals surface area contributed by atoms with Crippen LogP contribution in [0.3, 0.4) is 0 Å². The summed E-state index contributed by atoms with van der Waals surface area (Å²) in [4.78, 5) is 24.6. The lowest BCUT2D eigenvalue weighted by molar-refractivity contribution is -0.119. The Morgan fingerprint density at radius 1 is 1.00 bits per heavy atom. The molecule has 1 amide bonds. The van der Waals surface area contributed by atoms with Gasteiger partial charge < -0.3 is 19.5 Å². The standard InChI is InChI=1S/C21H21N3O5/c1-14-9-19(24(23-14)16-7-5-4-6-8-16)22-20(25)13-29-21(26)15-10-17(27-2)12-18(11-15)28-3/h4-12H,13H2,1-3H3,(H,22,25). The lowest BCUT2D eigenvalue weighted by Gasteiger charge is -2.10. The van der Waals surface area contributed by atoms with Crippen molar-refractivity contribution in [3.8, 4) is 17.2 Å². The first-order valence-electron chi connectivity index (χ1n) is 8.82. The van der Waals surface area contributed by atoms with Gasteiger partial charge >= 0.3 is 5.97 Å². The van der Waals surface area contributed by atoms with Crippen molar-refractivity contribution in [3.63, 3.8) is 0 Å². The van der Waals surface area contributed by atoms with Crippen molar-refractivity contribution < 1.29 is 23.8 Å². The largest absolute Gasteiger partial charge is 0.497 e. The number of nitrogens with one attached hydrogen (secondary N) is 1. The van der Waals surface area contributed by atoms with E-state index in [0.717, 1.165) is 11.4 Å². The van der Waals surface area contributed by atoms with Crippen LogP contribution in [0.1, 0.15) is 16.1 Å². The van der Waals surface area contributed by atoms with E-state index in [-0.39, 0.29) is 5.56 Å². The number of anilines is 1. The second-order valence-corrected chi connectivity index (χ2v) is 6.14. The van der Waals surface area contributed by atoms with E-state index in [9.17, 15) is 9.59 Å². The van der Waals surface area contributed by atoms with Crippen molar-refractivity contribution in [2.24, 2.45) is 0 Å². The van der Waals surface area contributed by atoms with Crippen molar-refractivity contribution in [3.05, 3.63) is 65.9 Å². The number of esters is 1. The van der Waals surface area contributed by atoms with Gasteiger partial charge in [0.05, 0.1) is 31.2 Å². The van der Waals surface area contributed by atoms with Crippen LogP contribution >= 0.6 is 0 Å². The molecule has 0 unspecified atom stereocenters. The van der Waals surface area contributed by atoms with Gasteiger partial charge in [-0.15, -0.1) is 0 Å². The molecule has 1 aromatic heterocycles. The average molecular weight is 395 g/mol. The fraction of sp³-hybridized carbons (Fsp3) is 0.190. The highest BCUT2D eigenvalue weighted by atomic mass is 16.5. The van der Waals surface area contributed by atoms with Crippen LogP contribution in [0, 0.1) is 6.92 Å². The Balaban J connectivity index is 1.66. The zero-order chi connectivity index (χ0) is 20.8. The summed E-state index contributed by atoms with van der Waals surface area (Å²) in [7, 11) is 2.96. The quantitative estimate of drug-likeness (QED) is 0.619. The van der Waals surface area contributed by atoms with E-state index in [4.69, 9.17) is 14.2 Å². The number of hydrogen-bond acceptors (Lipinski definition) is 6. The van der Waals surface area contributed by atoms with E-state index < -0.39 is 18.5 Å². The maximum absolute atomic E-state index is 12.3. The Morgan fingerprint density at radius 2 is 1.66 bits per heavy atom. The Bertz CT molecular complexity index is 992. The van der Waals surface area contributed by atoms with Gasteiger partial charge in [-0.25, -0.2) is 9.48 Å². The molecule has 0 aliphatic carbocycles. The molecule has 3 aromatic rings. The lowest BCUT2D eigenvalue weighted by Crippen LogP contribution is -2.22. The summed E-state index contributed by atoms with van der Waals surface area (Å²) in [6, 6.07) is 15.8. The number of rotatable bonds is 7. The molecule has 0 atom stereocenters. The Hall–Kier alpha value is -3.81. The Kier molecular flexibility index (Phi) is 6.13. The number of ether oxygens (including phenoxy) is 3. The number of methoxy groups -OCH3 is 2. The number of aryl methyl sites for hydroxylation is 1. The fourth-order valence-electron chi connectivity index (χ4n) is 2.67. The molecule has 150 valence electrons. The zero-order valence-corrected chi connectivity index (χ0v) is 16.3. The number of amides is 1. The first-order valence-corrected chi connectivity index (χ1v) is 8.82. The minimum Gasteiger partial charge on any atom is -0.497 e. The van der Waals surface area contributed by atoms with E-state index in [1.165, 1.54) is 26.4 Å². The molecular formula is C21H21N3O5. The predicted octanol–water partition coefficient (Wildman–Crippen LogP) is 2.99. The molecule has 8 heteroatoms. The predicted molar refractivity (Wildman–Crippen MR) is 107 cm³/mol. The van der Waals surface area contributed by atoms with Crippen LogP contribution in [0.25, 0.3) is 5.69 Å². The molecule has 29 heavy (non-hydrogen) atoms. The summed E-state index contributed by atoms with van der Waals surface area (Å²) in [5, 5.41) is 7.10. The van der Waals surface area contributed by atoms with Gasteiger partial charge in [-0.2, -0.15) is 5.10 Å². The number of para-hydroxylation sites is 1. The molecule has 0 aliphatic rings. The van der Waals surface area contributed by atoms with Crippen LogP contribution in [0.5, 0.6) is 11.5 Å². The van der Waals surface area contributed by atoms with Gasteiger partial charge in [-0.05, 0) is 31.2 Å². The second kappa shape index (κ2) is 8.92. The molecule has 0 fully saturated rings. The molecular weight excluding hydrogens is 374 g/mol. The second-order valence-electron chi connectivity index (χ2n) is 6.14. The van der Waals surface area contributed by atoms with E-state index in [1.54, 1.807) is 16.8 Å². The van der Waals surface area contributed by atoms with E-state index in [2.05, 4.69) is 10.4 Å². The molecule has 0 bridgehead atoms. The minimum absolute atomic E-state index is 0.221. The highest BCUT2D eigenvalue weighted by molar-refractivity contribution is 5.95. The molecule has 0 saturated carbocycles. The average Bonchev–Trinajstić information content (AvgIpc) is 3.12. The van der Waals surface area contributed by atoms with Gasteiger partial charge in [-0.3, -0.25) is 4.79 Å². The summed E-state index contributed by atoms with van der Waals surface area (Å²) in [5.74, 6) is 0.235. The molecule has 8 nitrogen and oxygen atoms in total. The van der Waals surface area contributed by atoms with Gasteiger partial charge in [0.25, 0.3) is 5.91 Å². The summed E-state index contributed by atoms with van der Waals surface area (Å²) in [6.45, 7) is 1.38. The van der Waals surface area contributed by atoms with E-state index in [0.29, 0.717) is 17.3 Å². The molecule has 0 spiro atoms. The molecule has 1 N–H and O–H groups in total. The number of carbonyl (C=O) groups excluding carboxylic acids is 2. The maximum Gasteiger partial charge on any atom is 0.338 e. The van der Waals surface area contributed by atoms with Crippen LogP contribution in [-0.2, 0) is 9.53 Å². The molecule has 1 heterocycles. The van der Waals surface area contributed by atoms with Gasteiger partial charge in [0, 0.05) is 12.1 Å². The number of benzene rings is 2. The normalized spacial score (nSPS) is 10.3. The third kappa shape index (κ3) is 4.92. The van der Waals surface area contributed by atoms with Crippen molar-refractivity contribution in [2.45, 2.75) is 6.92 Å². The van der Waals surface area contributed by atoms with Gasteiger partial charge in [0.1, 0.15) is 17.3 Å². The molecule has 0 radical (unpaired) electrons. The topological polar surface area (TPSA) is 91.7 Å². The minimum atomic E-state index is -0.662. The van der Waals surface area contributed by atoms with Crippen molar-refractivity contribution in [1.82, 2.24) is 9.78 Å². The first kappa shape index (κ1) is 19.9. The van der Waals surface area contributed by atoms with E-state index >= 15 is 0 Å². The summed E-state index contributed by atoms with van der Waals surface area (Å²) >= 11 is 0. The smallest absolute Gasteiger partial charge is 0.338 e. The molecule has 2 aromatic carbocycles. The Labute approximate surface area is 168 Å². The van der Waals surface area contributed by atoms with Crippen LogP contribution in [0.15, 0.2) is 54.6 Å². The summed E-state index contributed by atoms with van der Waals surface area (Å²) < 4.78 is 17.0. The van der Waals surface area contributed by atoms with Gasteiger partial charge in [-0.1, -0.05) is 18.2 Å². The van der Waals surface area contributed by atoms with Crippen molar-refractivity contribution >= 4 is 17.7 Å². The van der Waals surface area contributed by atoms with Crippen LogP contribution < -0.4 is 14.8 Å². The van der Waals surface area contributed by atoms with Gasteiger partial charge in [0.2, 0.25) is 0 Å². The third-order valence-corrected chi connectivity index (χ3v) is 4.02. The van der Waals surface area contributed by atoms with Crippen molar-refractivity contribution in [2.75, 3.05) is 26.1 Å². The SMILES string of the molecule is COc1cc(OC)cc(C(=O)OCC(=O)Nc2cc(C)nn2-c2ccccc2)c1. The molecule has 0 aliphatic heterocycles. The monoisotopic (exact) mass is 395 g/mol. The fourth-order valence-corrected chi connectivity index (χ4v) is 2.67. The number of aromatic nitrogens is 2. The lowest BCUT2D eigenvalue weighted by atomic mass is 10.2. The highest BCUT2D eigenvalue weighted by Crippen LogP contribution is 2.23. The maximum atomic E-state index is 12.3. The third-order valence-electron chi connectivity index (χ3n) is 4.02. The summed E-state index contributed by atoms with van der Waals surface area (Å²) in [5.41, 5.74) is 1.76. The number of carbonyl (C=O) groups is 2. The van der Waals surface area contributed by atoms with E-state index in [1.807, 2.05) is 37.3 Å². The number of hydrogen-bond donors (Lipinski definition) is 1. The van der Waals surface area contributed by atoms with Gasteiger partial charge in [0.15, 0.2) is 6.61 Å². The van der Waals surface area contributed by atoms with Crippen molar-refractivity contribution in [1.29, 1.82) is 0 Å². The summed E-state index contributed by atoms with van der Waals surface area (Å²) in [6.07, 6.45) is 0. The number of nitrogens with zero attached hydrogens (tertiary/aromatic N) is 2. The zero-order valence-electron chi connectivity index (χ0n) is 16.3. The highest BCUT2D eigenvalue weighted by Gasteiger charge is 2.15. The Morgan fingerprint density at radius 3 is 2.28 bits per heavy atom. The van der Waals surface area contributed by atoms with Crippen LogP contribution in [0.2, 0.25) is 0 Å².